The molecule has 1 heterocycles. The molecule has 72 heavy (non-hydrogen) atoms. The Morgan fingerprint density at radius 1 is 0.319 bits per heavy atom. The Morgan fingerprint density at radius 3 is 1.33 bits per heavy atom. The van der Waals surface area contributed by atoms with Crippen LogP contribution in [0.15, 0.2) is 255 Å². The van der Waals surface area contributed by atoms with E-state index in [4.69, 9.17) is 0 Å². The molecule has 3 aliphatic carbocycles. The second kappa shape index (κ2) is 15.3. The van der Waals surface area contributed by atoms with E-state index in [1.54, 1.807) is 0 Å². The summed E-state index contributed by atoms with van der Waals surface area (Å²) >= 11 is 0. The Labute approximate surface area is 420 Å². The summed E-state index contributed by atoms with van der Waals surface area (Å²) in [4.78, 5) is 2.51. The van der Waals surface area contributed by atoms with E-state index in [1.165, 1.54) is 111 Å². The molecule has 0 N–H and O–H groups in total. The maximum atomic E-state index is 2.51. The highest BCUT2D eigenvalue weighted by Gasteiger charge is 2.52. The van der Waals surface area contributed by atoms with Gasteiger partial charge < -0.3 is 9.47 Å². The van der Waals surface area contributed by atoms with Gasteiger partial charge in [-0.3, -0.25) is 0 Å². The summed E-state index contributed by atoms with van der Waals surface area (Å²) < 4.78 is 2.39. The SMILES string of the molecule is CC1(C)c2ccccc2-c2ccc(N(c3ccc(-c4ccc(-n5c6ccccc6c6ccccc65)cc4)cc3)c3ccccc3-c3cccc4c3C3(c5ccccc5-c5ccccc53)c3ccccc3-4)cc21. The molecule has 1 aromatic heterocycles. The third-order valence-electron chi connectivity index (χ3n) is 16.4. The molecular weight excluding hydrogens is 869 g/mol. The molecule has 0 bridgehead atoms. The molecule has 0 radical (unpaired) electrons. The molecule has 0 fully saturated rings. The fraction of sp³-hybridized carbons (Fsp3) is 0.0571. The Balaban J connectivity index is 0.907. The van der Waals surface area contributed by atoms with Gasteiger partial charge in [-0.1, -0.05) is 214 Å². The predicted octanol–water partition coefficient (Wildman–Crippen LogP) is 18.2. The summed E-state index contributed by atoms with van der Waals surface area (Å²) in [5.74, 6) is 0. The summed E-state index contributed by atoms with van der Waals surface area (Å²) in [5.41, 5.74) is 27.0. The van der Waals surface area contributed by atoms with Crippen LogP contribution < -0.4 is 4.90 Å². The van der Waals surface area contributed by atoms with Gasteiger partial charge in [-0.2, -0.15) is 0 Å². The Morgan fingerprint density at radius 2 is 0.736 bits per heavy atom. The zero-order valence-electron chi connectivity index (χ0n) is 40.1. The number of fused-ring (bicyclic) bond motifs is 16. The van der Waals surface area contributed by atoms with E-state index in [-0.39, 0.29) is 5.41 Å². The first-order chi connectivity index (χ1) is 35.5. The Kier molecular flexibility index (Phi) is 8.66. The topological polar surface area (TPSA) is 8.17 Å². The van der Waals surface area contributed by atoms with Crippen LogP contribution in [0, 0.1) is 0 Å². The van der Waals surface area contributed by atoms with Gasteiger partial charge in [-0.15, -0.1) is 0 Å². The Hall–Kier alpha value is -8.98. The molecule has 1 spiro atoms. The molecule has 2 heteroatoms. The smallest absolute Gasteiger partial charge is 0.0731 e. The van der Waals surface area contributed by atoms with Crippen LogP contribution in [0.3, 0.4) is 0 Å². The lowest BCUT2D eigenvalue weighted by Gasteiger charge is -2.34. The molecular formula is C70H48N2. The summed E-state index contributed by atoms with van der Waals surface area (Å²) in [6, 6.07) is 95.3. The average Bonchev–Trinajstić information content (AvgIpc) is 4.12. The average molecular weight is 917 g/mol. The number of nitrogens with zero attached hydrogens (tertiary/aromatic N) is 2. The van der Waals surface area contributed by atoms with Gasteiger partial charge in [-0.05, 0) is 138 Å². The molecule has 2 nitrogen and oxygen atoms in total. The summed E-state index contributed by atoms with van der Waals surface area (Å²) in [5, 5.41) is 2.54. The quantitative estimate of drug-likeness (QED) is 0.161. The van der Waals surface area contributed by atoms with Gasteiger partial charge in [0.15, 0.2) is 0 Å². The van der Waals surface area contributed by atoms with Crippen molar-refractivity contribution in [1.82, 2.24) is 4.57 Å². The van der Waals surface area contributed by atoms with E-state index in [2.05, 4.69) is 278 Å². The van der Waals surface area contributed by atoms with Crippen LogP contribution >= 0.6 is 0 Å². The van der Waals surface area contributed by atoms with Crippen molar-refractivity contribution in [1.29, 1.82) is 0 Å². The molecule has 0 amide bonds. The summed E-state index contributed by atoms with van der Waals surface area (Å²) in [7, 11) is 0. The minimum atomic E-state index is -0.490. The standard InChI is InChI=1S/C70H48N2/c1-69(2)60-27-10-3-18-50(60)54-43-42-49(44-64(54)69)71(47-38-34-45(35-39-47)46-36-40-48(41-37-46)72-66-32-15-7-22-55(66)56-23-8-16-33-67(56)72)65-31-14-9-24-57(65)59-26-17-25-58-53-21-6-13-30-63(53)70(68(58)59)61-28-11-4-19-51(61)52-20-5-12-29-62(52)70/h3-44H,1-2H3. The normalized spacial score (nSPS) is 13.9. The van der Waals surface area contributed by atoms with E-state index in [0.29, 0.717) is 0 Å². The molecule has 0 atom stereocenters. The zero-order valence-corrected chi connectivity index (χ0v) is 40.1. The van der Waals surface area contributed by atoms with Crippen molar-refractivity contribution in [3.8, 4) is 61.3 Å². The first kappa shape index (κ1) is 40.9. The van der Waals surface area contributed by atoms with E-state index in [0.717, 1.165) is 22.7 Å². The third kappa shape index (κ3) is 5.55. The maximum absolute atomic E-state index is 2.51. The maximum Gasteiger partial charge on any atom is 0.0731 e. The van der Waals surface area contributed by atoms with Crippen LogP contribution in [0.5, 0.6) is 0 Å². The minimum Gasteiger partial charge on any atom is -0.310 e. The fourth-order valence-electron chi connectivity index (χ4n) is 13.3. The van der Waals surface area contributed by atoms with Crippen molar-refractivity contribution >= 4 is 38.9 Å². The van der Waals surface area contributed by atoms with Crippen LogP contribution in [0.2, 0.25) is 0 Å². The van der Waals surface area contributed by atoms with Crippen molar-refractivity contribution in [3.63, 3.8) is 0 Å². The first-order valence-electron chi connectivity index (χ1n) is 25.3. The van der Waals surface area contributed by atoms with E-state index in [9.17, 15) is 0 Å². The number of rotatable bonds is 6. The lowest BCUT2D eigenvalue weighted by atomic mass is 9.68. The second-order valence-corrected chi connectivity index (χ2v) is 20.3. The molecule has 3 aliphatic rings. The summed E-state index contributed by atoms with van der Waals surface area (Å²) in [6.07, 6.45) is 0. The van der Waals surface area contributed by atoms with Crippen LogP contribution in [-0.2, 0) is 10.8 Å². The van der Waals surface area contributed by atoms with Crippen LogP contribution in [0.25, 0.3) is 83.1 Å². The largest absolute Gasteiger partial charge is 0.310 e. The summed E-state index contributed by atoms with van der Waals surface area (Å²) in [6.45, 7) is 4.76. The number of aromatic nitrogens is 1. The molecule has 0 aliphatic heterocycles. The molecule has 0 saturated carbocycles. The second-order valence-electron chi connectivity index (χ2n) is 20.3. The number of hydrogen-bond acceptors (Lipinski definition) is 1. The van der Waals surface area contributed by atoms with Gasteiger partial charge in [0.05, 0.1) is 22.1 Å². The predicted molar refractivity (Wildman–Crippen MR) is 300 cm³/mol. The van der Waals surface area contributed by atoms with Crippen molar-refractivity contribution in [3.05, 3.63) is 288 Å². The van der Waals surface area contributed by atoms with Crippen LogP contribution in [0.4, 0.5) is 17.1 Å². The van der Waals surface area contributed by atoms with Gasteiger partial charge in [0.25, 0.3) is 0 Å². The highest BCUT2D eigenvalue weighted by Crippen LogP contribution is 2.65. The Bertz CT molecular complexity index is 4070. The molecule has 11 aromatic carbocycles. The minimum absolute atomic E-state index is 0.163. The van der Waals surface area contributed by atoms with Crippen LogP contribution in [0.1, 0.15) is 47.2 Å². The number of hydrogen-bond donors (Lipinski definition) is 0. The van der Waals surface area contributed by atoms with Crippen molar-refractivity contribution in [2.45, 2.75) is 24.7 Å². The highest BCUT2D eigenvalue weighted by atomic mass is 15.1. The molecule has 12 aromatic rings. The van der Waals surface area contributed by atoms with Crippen molar-refractivity contribution < 1.29 is 0 Å². The lowest BCUT2D eigenvalue weighted by molar-refractivity contribution is 0.660. The third-order valence-corrected chi connectivity index (χ3v) is 16.4. The monoisotopic (exact) mass is 916 g/mol. The molecule has 0 saturated heterocycles. The number of anilines is 3. The number of para-hydroxylation sites is 3. The lowest BCUT2D eigenvalue weighted by Crippen LogP contribution is -2.26. The van der Waals surface area contributed by atoms with Gasteiger partial charge in [-0.25, -0.2) is 0 Å². The van der Waals surface area contributed by atoms with E-state index in [1.807, 2.05) is 0 Å². The first-order valence-corrected chi connectivity index (χ1v) is 25.3. The van der Waals surface area contributed by atoms with Gasteiger partial charge in [0.1, 0.15) is 0 Å². The van der Waals surface area contributed by atoms with E-state index >= 15 is 0 Å². The van der Waals surface area contributed by atoms with Crippen molar-refractivity contribution in [2.75, 3.05) is 4.90 Å². The zero-order chi connectivity index (χ0) is 47.7. The molecule has 338 valence electrons. The van der Waals surface area contributed by atoms with Gasteiger partial charge in [0.2, 0.25) is 0 Å². The van der Waals surface area contributed by atoms with Crippen molar-refractivity contribution in [2.24, 2.45) is 0 Å². The van der Waals surface area contributed by atoms with Crippen LogP contribution in [-0.4, -0.2) is 4.57 Å². The fourth-order valence-corrected chi connectivity index (χ4v) is 13.3. The van der Waals surface area contributed by atoms with Gasteiger partial charge in [0, 0.05) is 38.8 Å². The van der Waals surface area contributed by atoms with Gasteiger partial charge >= 0.3 is 0 Å². The number of benzene rings is 11. The highest BCUT2D eigenvalue weighted by molar-refractivity contribution is 6.09. The van der Waals surface area contributed by atoms with E-state index < -0.39 is 5.41 Å². The molecule has 0 unspecified atom stereocenters. The molecule has 15 rings (SSSR count).